The van der Waals surface area contributed by atoms with Crippen LogP contribution < -0.4 is 0 Å². The molecule has 0 radical (unpaired) electrons. The maximum atomic E-state index is 11.7. The van der Waals surface area contributed by atoms with E-state index >= 15 is 0 Å². The molecular formula is C13H13NO3. The van der Waals surface area contributed by atoms with Gasteiger partial charge in [0.05, 0.1) is 6.26 Å². The second kappa shape index (κ2) is 4.20. The zero-order chi connectivity index (χ0) is 11.7. The van der Waals surface area contributed by atoms with E-state index in [1.807, 2.05) is 0 Å². The lowest BCUT2D eigenvalue weighted by Gasteiger charge is -2.13. The van der Waals surface area contributed by atoms with Gasteiger partial charge < -0.3 is 9.15 Å². The summed E-state index contributed by atoms with van der Waals surface area (Å²) in [5.41, 5.74) is 1.62. The summed E-state index contributed by atoms with van der Waals surface area (Å²) in [5, 5.41) is 0. The largest absolute Gasteiger partial charge is 0.459 e. The molecule has 0 aromatic carbocycles. The lowest BCUT2D eigenvalue weighted by atomic mass is 9.93. The maximum absolute atomic E-state index is 11.7. The summed E-state index contributed by atoms with van der Waals surface area (Å²) in [6, 6.07) is 3.48. The summed E-state index contributed by atoms with van der Waals surface area (Å²) in [7, 11) is 0. The Morgan fingerprint density at radius 2 is 2.00 bits per heavy atom. The molecule has 0 N–H and O–H groups in total. The van der Waals surface area contributed by atoms with Gasteiger partial charge in [-0.05, 0) is 43.4 Å². The fraction of sp³-hybridized carbons (Fsp3) is 0.385. The van der Waals surface area contributed by atoms with Crippen LogP contribution in [0.4, 0.5) is 0 Å². The van der Waals surface area contributed by atoms with Gasteiger partial charge >= 0.3 is 5.97 Å². The van der Waals surface area contributed by atoms with Crippen molar-refractivity contribution in [2.24, 2.45) is 4.99 Å². The highest BCUT2D eigenvalue weighted by molar-refractivity contribution is 6.10. The van der Waals surface area contributed by atoms with E-state index in [-0.39, 0.29) is 11.9 Å². The molecule has 1 fully saturated rings. The van der Waals surface area contributed by atoms with E-state index < -0.39 is 0 Å². The van der Waals surface area contributed by atoms with Crippen molar-refractivity contribution in [3.63, 3.8) is 0 Å². The fourth-order valence-corrected chi connectivity index (χ4v) is 2.25. The van der Waals surface area contributed by atoms with Crippen LogP contribution in [-0.4, -0.2) is 11.9 Å². The molecule has 1 aromatic rings. The minimum Gasteiger partial charge on any atom is -0.459 e. The Kier molecular flexibility index (Phi) is 2.55. The van der Waals surface area contributed by atoms with Crippen molar-refractivity contribution in [1.29, 1.82) is 0 Å². The standard InChI is InChI=1S/C13H13NO3/c15-13-11(9-5-2-1-3-6-9)14-12(17-13)10-7-4-8-16-10/h4,7-8H,1-3,5-6H2. The second-order valence-electron chi connectivity index (χ2n) is 4.30. The number of allylic oxidation sites excluding steroid dienone is 1. The maximum Gasteiger partial charge on any atom is 0.363 e. The average molecular weight is 231 g/mol. The Labute approximate surface area is 99.0 Å². The number of carbonyl (C=O) groups excluding carboxylic acids is 1. The average Bonchev–Trinajstić information content (AvgIpc) is 2.99. The summed E-state index contributed by atoms with van der Waals surface area (Å²) in [4.78, 5) is 16.0. The molecule has 1 saturated carbocycles. The van der Waals surface area contributed by atoms with Gasteiger partial charge in [0.1, 0.15) is 0 Å². The Morgan fingerprint density at radius 3 is 2.71 bits per heavy atom. The highest BCUT2D eigenvalue weighted by atomic mass is 16.6. The van der Waals surface area contributed by atoms with Crippen molar-refractivity contribution in [2.45, 2.75) is 32.1 Å². The molecule has 0 spiro atoms. The number of esters is 1. The van der Waals surface area contributed by atoms with E-state index in [9.17, 15) is 4.79 Å². The molecule has 2 heterocycles. The number of furan rings is 1. The van der Waals surface area contributed by atoms with Crippen LogP contribution in [0.1, 0.15) is 37.9 Å². The molecule has 3 rings (SSSR count). The van der Waals surface area contributed by atoms with Crippen LogP contribution in [0.2, 0.25) is 0 Å². The Hall–Kier alpha value is -1.84. The van der Waals surface area contributed by atoms with Gasteiger partial charge in [-0.3, -0.25) is 0 Å². The minimum atomic E-state index is -0.340. The number of hydrogen-bond donors (Lipinski definition) is 0. The first-order valence-corrected chi connectivity index (χ1v) is 5.91. The lowest BCUT2D eigenvalue weighted by molar-refractivity contribution is -0.130. The molecule has 1 aliphatic heterocycles. The van der Waals surface area contributed by atoms with Gasteiger partial charge in [0.2, 0.25) is 0 Å². The van der Waals surface area contributed by atoms with Gasteiger partial charge in [0.25, 0.3) is 5.90 Å². The summed E-state index contributed by atoms with van der Waals surface area (Å²) in [6.07, 6.45) is 6.96. The number of nitrogens with zero attached hydrogens (tertiary/aromatic N) is 1. The molecule has 4 nitrogen and oxygen atoms in total. The van der Waals surface area contributed by atoms with Crippen LogP contribution in [0.5, 0.6) is 0 Å². The molecule has 1 aromatic heterocycles. The highest BCUT2D eigenvalue weighted by Gasteiger charge is 2.28. The molecular weight excluding hydrogens is 218 g/mol. The minimum absolute atomic E-state index is 0.285. The summed E-state index contributed by atoms with van der Waals surface area (Å²) < 4.78 is 10.3. The van der Waals surface area contributed by atoms with Crippen LogP contribution in [0.15, 0.2) is 39.1 Å². The number of rotatable bonds is 1. The monoisotopic (exact) mass is 231 g/mol. The quantitative estimate of drug-likeness (QED) is 0.551. The molecule has 1 aliphatic carbocycles. The molecule has 0 unspecified atom stereocenters. The number of hydrogen-bond acceptors (Lipinski definition) is 4. The molecule has 2 aliphatic rings. The van der Waals surface area contributed by atoms with Gasteiger partial charge in [0, 0.05) is 0 Å². The van der Waals surface area contributed by atoms with Crippen LogP contribution in [-0.2, 0) is 9.53 Å². The van der Waals surface area contributed by atoms with Crippen molar-refractivity contribution in [3.05, 3.63) is 35.4 Å². The van der Waals surface area contributed by atoms with Gasteiger partial charge in [-0.25, -0.2) is 9.79 Å². The smallest absolute Gasteiger partial charge is 0.363 e. The third kappa shape index (κ3) is 1.90. The van der Waals surface area contributed by atoms with Gasteiger partial charge in [-0.2, -0.15) is 0 Å². The zero-order valence-electron chi connectivity index (χ0n) is 9.44. The predicted molar refractivity (Wildman–Crippen MR) is 61.4 cm³/mol. The SMILES string of the molecule is O=C1OC(c2ccco2)=NC1=C1CCCCC1. The molecule has 4 heteroatoms. The molecule has 0 bridgehead atoms. The first-order valence-electron chi connectivity index (χ1n) is 5.91. The first-order chi connectivity index (χ1) is 8.34. The van der Waals surface area contributed by atoms with Crippen LogP contribution in [0, 0.1) is 0 Å². The number of carbonyl (C=O) groups is 1. The van der Waals surface area contributed by atoms with Gasteiger partial charge in [-0.1, -0.05) is 6.42 Å². The normalized spacial score (nSPS) is 20.5. The third-order valence-electron chi connectivity index (χ3n) is 3.12. The Balaban J connectivity index is 1.93. The number of cyclic esters (lactones) is 1. The Morgan fingerprint density at radius 1 is 1.18 bits per heavy atom. The predicted octanol–water partition coefficient (Wildman–Crippen LogP) is 2.80. The van der Waals surface area contributed by atoms with Crippen molar-refractivity contribution in [1.82, 2.24) is 0 Å². The van der Waals surface area contributed by atoms with Crippen LogP contribution in [0.25, 0.3) is 0 Å². The second-order valence-corrected chi connectivity index (χ2v) is 4.30. The van der Waals surface area contributed by atoms with E-state index in [0.717, 1.165) is 31.3 Å². The number of ether oxygens (including phenoxy) is 1. The van der Waals surface area contributed by atoms with Gasteiger partial charge in [-0.15, -0.1) is 0 Å². The van der Waals surface area contributed by atoms with Gasteiger partial charge in [0.15, 0.2) is 11.5 Å². The molecule has 17 heavy (non-hydrogen) atoms. The summed E-state index contributed by atoms with van der Waals surface area (Å²) >= 11 is 0. The topological polar surface area (TPSA) is 51.8 Å². The fourth-order valence-electron chi connectivity index (χ4n) is 2.25. The van der Waals surface area contributed by atoms with E-state index in [4.69, 9.17) is 9.15 Å². The summed E-state index contributed by atoms with van der Waals surface area (Å²) in [5.74, 6) is 0.450. The van der Waals surface area contributed by atoms with E-state index in [0.29, 0.717) is 11.5 Å². The molecule has 0 saturated heterocycles. The number of aliphatic imine (C=N–C) groups is 1. The van der Waals surface area contributed by atoms with E-state index in [1.54, 1.807) is 12.1 Å². The van der Waals surface area contributed by atoms with Crippen molar-refractivity contribution in [3.8, 4) is 0 Å². The molecule has 88 valence electrons. The molecule has 0 amide bonds. The summed E-state index contributed by atoms with van der Waals surface area (Å²) in [6.45, 7) is 0. The Bertz CT molecular complexity index is 489. The van der Waals surface area contributed by atoms with E-state index in [2.05, 4.69) is 4.99 Å². The lowest BCUT2D eigenvalue weighted by Crippen LogP contribution is -2.06. The van der Waals surface area contributed by atoms with E-state index in [1.165, 1.54) is 12.7 Å². The van der Waals surface area contributed by atoms with Crippen molar-refractivity contribution in [2.75, 3.05) is 0 Å². The molecule has 0 atom stereocenters. The highest BCUT2D eigenvalue weighted by Crippen LogP contribution is 2.29. The van der Waals surface area contributed by atoms with Crippen LogP contribution >= 0.6 is 0 Å². The van der Waals surface area contributed by atoms with Crippen molar-refractivity contribution >= 4 is 11.9 Å². The van der Waals surface area contributed by atoms with Crippen LogP contribution in [0.3, 0.4) is 0 Å². The van der Waals surface area contributed by atoms with Crippen molar-refractivity contribution < 1.29 is 13.9 Å². The third-order valence-corrected chi connectivity index (χ3v) is 3.12. The zero-order valence-corrected chi connectivity index (χ0v) is 9.44. The first kappa shape index (κ1) is 10.3.